The summed E-state index contributed by atoms with van der Waals surface area (Å²) in [5, 5.41) is 13.9. The van der Waals surface area contributed by atoms with Gasteiger partial charge in [-0.1, -0.05) is 42.5 Å². The Morgan fingerprint density at radius 2 is 1.51 bits per heavy atom. The smallest absolute Gasteiger partial charge is 0.416 e. The molecule has 0 aliphatic rings. The Hall–Kier alpha value is -3.99. The van der Waals surface area contributed by atoms with Gasteiger partial charge in [0.1, 0.15) is 11.4 Å². The minimum atomic E-state index is -4.79. The number of carboxylic acids is 1. The van der Waals surface area contributed by atoms with E-state index in [4.69, 9.17) is 0 Å². The Labute approximate surface area is 207 Å². The molecule has 0 radical (unpaired) electrons. The van der Waals surface area contributed by atoms with Crippen molar-refractivity contribution < 1.29 is 36.2 Å². The molecule has 0 aliphatic carbocycles. The van der Waals surface area contributed by atoms with Gasteiger partial charge in [0.05, 0.1) is 16.8 Å². The summed E-state index contributed by atoms with van der Waals surface area (Å²) in [5.74, 6) is -0.467. The van der Waals surface area contributed by atoms with E-state index in [9.17, 15) is 36.2 Å². The largest absolute Gasteiger partial charge is 0.478 e. The van der Waals surface area contributed by atoms with Crippen molar-refractivity contribution in [3.8, 4) is 11.3 Å². The highest BCUT2D eigenvalue weighted by Crippen LogP contribution is 2.36. The highest BCUT2D eigenvalue weighted by molar-refractivity contribution is 6.02. The van der Waals surface area contributed by atoms with Crippen LogP contribution in [0.5, 0.6) is 0 Å². The van der Waals surface area contributed by atoms with Crippen LogP contribution in [0.4, 0.5) is 26.3 Å². The molecule has 5 nitrogen and oxygen atoms in total. The molecular formula is C26H21F6N3O2. The molecule has 1 heterocycles. The maximum absolute atomic E-state index is 12.4. The van der Waals surface area contributed by atoms with E-state index in [-0.39, 0.29) is 23.7 Å². The van der Waals surface area contributed by atoms with Crippen LogP contribution >= 0.6 is 0 Å². The van der Waals surface area contributed by atoms with Crippen molar-refractivity contribution in [3.63, 3.8) is 0 Å². The molecular weight excluding hydrogens is 500 g/mol. The molecule has 0 fully saturated rings. The van der Waals surface area contributed by atoms with Crippen LogP contribution in [-0.4, -0.2) is 28.1 Å². The van der Waals surface area contributed by atoms with Gasteiger partial charge in [-0.2, -0.15) is 26.3 Å². The third kappa shape index (κ3) is 6.82. The topological polar surface area (TPSA) is 75.1 Å². The van der Waals surface area contributed by atoms with Crippen LogP contribution in [-0.2, 0) is 18.9 Å². The molecule has 0 amide bonds. The molecule has 0 unspecified atom stereocenters. The first-order valence-corrected chi connectivity index (χ1v) is 10.8. The van der Waals surface area contributed by atoms with Crippen molar-refractivity contribution in [1.29, 1.82) is 0 Å². The number of aryl methyl sites for hydroxylation is 1. The van der Waals surface area contributed by atoms with E-state index in [0.29, 0.717) is 23.7 Å². The highest BCUT2D eigenvalue weighted by Gasteiger charge is 2.36. The van der Waals surface area contributed by atoms with Crippen molar-refractivity contribution in [2.75, 3.05) is 7.05 Å². The minimum absolute atomic E-state index is 0.0605. The Kier molecular flexibility index (Phi) is 8.17. The van der Waals surface area contributed by atoms with E-state index in [1.54, 1.807) is 6.92 Å². The van der Waals surface area contributed by atoms with Crippen molar-refractivity contribution in [3.05, 3.63) is 94.9 Å². The summed E-state index contributed by atoms with van der Waals surface area (Å²) in [6, 6.07) is 15.1. The summed E-state index contributed by atoms with van der Waals surface area (Å²) in [6.45, 7) is 1.69. The number of carbonyl (C=O) groups is 1. The van der Waals surface area contributed by atoms with Gasteiger partial charge in [0, 0.05) is 18.3 Å². The van der Waals surface area contributed by atoms with Gasteiger partial charge < -0.3 is 10.4 Å². The molecule has 0 saturated carbocycles. The summed E-state index contributed by atoms with van der Waals surface area (Å²) < 4.78 is 74.3. The van der Waals surface area contributed by atoms with E-state index < -0.39 is 29.4 Å². The first-order chi connectivity index (χ1) is 17.3. The zero-order valence-electron chi connectivity index (χ0n) is 19.6. The second-order valence-electron chi connectivity index (χ2n) is 7.96. The van der Waals surface area contributed by atoms with Crippen LogP contribution < -0.4 is 5.32 Å². The van der Waals surface area contributed by atoms with Crippen molar-refractivity contribution >= 4 is 16.7 Å². The van der Waals surface area contributed by atoms with Gasteiger partial charge >= 0.3 is 18.3 Å². The summed E-state index contributed by atoms with van der Waals surface area (Å²) in [5.41, 5.74) is -1.26. The van der Waals surface area contributed by atoms with Gasteiger partial charge in [-0.15, -0.1) is 0 Å². The first kappa shape index (κ1) is 27.6. The molecule has 2 N–H and O–H groups in total. The van der Waals surface area contributed by atoms with E-state index in [1.807, 2.05) is 42.5 Å². The van der Waals surface area contributed by atoms with Gasteiger partial charge in [0.25, 0.3) is 0 Å². The molecule has 0 aliphatic heterocycles. The van der Waals surface area contributed by atoms with Gasteiger partial charge in [-0.05, 0) is 48.5 Å². The second kappa shape index (κ2) is 11.0. The number of fused-ring (bicyclic) bond motifs is 1. The first-order valence-electron chi connectivity index (χ1n) is 10.8. The number of halogens is 6. The number of rotatable bonds is 4. The second-order valence-corrected chi connectivity index (χ2v) is 7.96. The number of nitrogens with zero attached hydrogens (tertiary/aromatic N) is 2. The molecule has 0 spiro atoms. The molecule has 1 aromatic heterocycles. The van der Waals surface area contributed by atoms with Gasteiger partial charge in [0.15, 0.2) is 0 Å². The fraction of sp³-hybridized carbons (Fsp3) is 0.192. The lowest BCUT2D eigenvalue weighted by molar-refractivity contribution is -0.143. The van der Waals surface area contributed by atoms with Gasteiger partial charge in [0.2, 0.25) is 0 Å². The Morgan fingerprint density at radius 3 is 2.08 bits per heavy atom. The van der Waals surface area contributed by atoms with Gasteiger partial charge in [-0.25, -0.2) is 14.8 Å². The molecule has 11 heteroatoms. The standard InChI is InChI=1S/C16H12N2O2.C10H9F6N/c1-10-17-9-14(16(19)20)15(18-10)13-8-4-6-11-5-2-3-7-12(11)13;1-17-5-6-2-7(9(11,12)13)4-8(3-6)10(14,15)16/h2-9H,1H3,(H,19,20);2-4,17H,5H2,1H3. The van der Waals surface area contributed by atoms with Crippen LogP contribution in [0.15, 0.2) is 66.9 Å². The fourth-order valence-corrected chi connectivity index (χ4v) is 3.59. The average Bonchev–Trinajstić information content (AvgIpc) is 2.83. The SMILES string of the molecule is CNCc1cc(C(F)(F)F)cc(C(F)(F)F)c1.Cc1ncc(C(=O)O)c(-c2cccc3ccccc23)n1. The van der Waals surface area contributed by atoms with E-state index in [1.165, 1.54) is 13.2 Å². The van der Waals surface area contributed by atoms with E-state index >= 15 is 0 Å². The third-order valence-corrected chi connectivity index (χ3v) is 5.21. The molecule has 0 bridgehead atoms. The maximum atomic E-state index is 12.4. The lowest BCUT2D eigenvalue weighted by Crippen LogP contribution is -2.14. The van der Waals surface area contributed by atoms with Crippen LogP contribution in [0.1, 0.15) is 32.9 Å². The maximum Gasteiger partial charge on any atom is 0.416 e. The highest BCUT2D eigenvalue weighted by atomic mass is 19.4. The molecule has 4 rings (SSSR count). The number of alkyl halides is 6. The van der Waals surface area contributed by atoms with Crippen molar-refractivity contribution in [2.45, 2.75) is 25.8 Å². The quantitative estimate of drug-likeness (QED) is 0.291. The summed E-state index contributed by atoms with van der Waals surface area (Å²) in [4.78, 5) is 19.7. The normalized spacial score (nSPS) is 11.7. The summed E-state index contributed by atoms with van der Waals surface area (Å²) in [6.07, 6.45) is -8.21. The monoisotopic (exact) mass is 521 g/mol. The molecule has 0 atom stereocenters. The number of benzene rings is 3. The molecule has 0 saturated heterocycles. The lowest BCUT2D eigenvalue weighted by atomic mass is 9.99. The Balaban J connectivity index is 0.000000209. The number of nitrogens with one attached hydrogen (secondary N) is 1. The van der Waals surface area contributed by atoms with E-state index in [2.05, 4.69) is 15.3 Å². The minimum Gasteiger partial charge on any atom is -0.478 e. The number of aromatic nitrogens is 2. The van der Waals surface area contributed by atoms with Crippen molar-refractivity contribution in [1.82, 2.24) is 15.3 Å². The number of hydrogen-bond donors (Lipinski definition) is 2. The third-order valence-electron chi connectivity index (χ3n) is 5.21. The van der Waals surface area contributed by atoms with Crippen molar-refractivity contribution in [2.24, 2.45) is 0 Å². The van der Waals surface area contributed by atoms with Crippen LogP contribution in [0.25, 0.3) is 22.0 Å². The molecule has 4 aromatic rings. The number of aromatic carboxylic acids is 1. The molecule has 37 heavy (non-hydrogen) atoms. The van der Waals surface area contributed by atoms with Crippen LogP contribution in [0.3, 0.4) is 0 Å². The Bertz CT molecular complexity index is 1380. The molecule has 3 aromatic carbocycles. The average molecular weight is 521 g/mol. The predicted octanol–water partition coefficient (Wildman–Crippen LogP) is 6.75. The zero-order chi connectivity index (χ0) is 27.4. The Morgan fingerprint density at radius 1 is 0.919 bits per heavy atom. The zero-order valence-corrected chi connectivity index (χ0v) is 19.6. The molecule has 194 valence electrons. The number of hydrogen-bond acceptors (Lipinski definition) is 4. The fourth-order valence-electron chi connectivity index (χ4n) is 3.59. The summed E-state index contributed by atoms with van der Waals surface area (Å²) >= 11 is 0. The summed E-state index contributed by atoms with van der Waals surface area (Å²) in [7, 11) is 1.44. The van der Waals surface area contributed by atoms with E-state index in [0.717, 1.165) is 16.3 Å². The lowest BCUT2D eigenvalue weighted by Gasteiger charge is -2.13. The van der Waals surface area contributed by atoms with Gasteiger partial charge in [-0.3, -0.25) is 0 Å². The predicted molar refractivity (Wildman–Crippen MR) is 126 cm³/mol. The van der Waals surface area contributed by atoms with Crippen LogP contribution in [0.2, 0.25) is 0 Å². The van der Waals surface area contributed by atoms with Crippen LogP contribution in [0, 0.1) is 6.92 Å². The number of carboxylic acid groups (broad SMARTS) is 1.